The Balaban J connectivity index is 1.28. The Hall–Kier alpha value is -3.84. The van der Waals surface area contributed by atoms with Crippen molar-refractivity contribution < 1.29 is 32.2 Å². The molecule has 1 aromatic carbocycles. The van der Waals surface area contributed by atoms with Crippen molar-refractivity contribution in [2.75, 3.05) is 31.8 Å². The number of carbonyl (C=O) groups excluding carboxylic acids is 2. The fraction of sp³-hybridized carbons (Fsp3) is 0.531. The minimum absolute atomic E-state index is 0.0511. The molecular weight excluding hydrogens is 589 g/mol. The highest BCUT2D eigenvalue weighted by atomic mass is 19.4. The normalized spacial score (nSPS) is 20.0. The van der Waals surface area contributed by atoms with E-state index in [0.717, 1.165) is 55.3 Å². The number of alkyl halides is 3. The zero-order valence-electron chi connectivity index (χ0n) is 25.1. The fourth-order valence-corrected chi connectivity index (χ4v) is 6.59. The van der Waals surface area contributed by atoms with Crippen LogP contribution in [-0.4, -0.2) is 58.5 Å². The summed E-state index contributed by atoms with van der Waals surface area (Å²) in [4.78, 5) is 32.9. The predicted octanol–water partition coefficient (Wildman–Crippen LogP) is 4.65. The smallest absolute Gasteiger partial charge is 0.416 e. The second-order valence-electron chi connectivity index (χ2n) is 12.7. The van der Waals surface area contributed by atoms with E-state index in [1.165, 1.54) is 18.1 Å². The van der Waals surface area contributed by atoms with Gasteiger partial charge in [0.1, 0.15) is 24.0 Å². The Morgan fingerprint density at radius 3 is 2.49 bits per heavy atom. The molecule has 13 heteroatoms. The molecule has 1 saturated heterocycles. The second-order valence-corrected chi connectivity index (χ2v) is 12.7. The molecule has 0 radical (unpaired) electrons. The molecule has 2 aromatic heterocycles. The van der Waals surface area contributed by atoms with Crippen molar-refractivity contribution in [3.63, 3.8) is 0 Å². The summed E-state index contributed by atoms with van der Waals surface area (Å²) in [5, 5.41) is 11.5. The van der Waals surface area contributed by atoms with Gasteiger partial charge in [0, 0.05) is 30.1 Å². The van der Waals surface area contributed by atoms with E-state index in [9.17, 15) is 22.8 Å². The average Bonchev–Trinajstić information content (AvgIpc) is 3.65. The number of anilines is 1. The van der Waals surface area contributed by atoms with E-state index in [-0.39, 0.29) is 41.0 Å². The lowest BCUT2D eigenvalue weighted by Gasteiger charge is -2.34. The fourth-order valence-electron chi connectivity index (χ4n) is 6.59. The molecule has 3 fully saturated rings. The molecule has 7 rings (SSSR count). The highest BCUT2D eigenvalue weighted by Crippen LogP contribution is 2.45. The number of ether oxygens (including phenoxy) is 2. The van der Waals surface area contributed by atoms with Crippen molar-refractivity contribution >= 4 is 17.7 Å². The molecule has 4 aliphatic rings. The standard InChI is InChI=1S/C32H35F3N6O4/c1-40-16-37-39-29(40)27(21-14-45-15-21)19-10-25(18-6-7-18)38-26(11-19)41-13-23-22(30(41)42)8-20(9-24(23)32(33,34)35)28(31(43)44-2)36-12-17-4-3-5-17/h8-11,16-18,21,27-28,36H,3-7,12-15H2,1-2H3/t27-,28-/m0/s1. The number of nitrogens with zero attached hydrogens (tertiary/aromatic N) is 5. The van der Waals surface area contributed by atoms with E-state index >= 15 is 0 Å². The first-order chi connectivity index (χ1) is 21.6. The van der Waals surface area contributed by atoms with Crippen LogP contribution >= 0.6 is 0 Å². The van der Waals surface area contributed by atoms with Crippen LogP contribution < -0.4 is 10.2 Å². The molecule has 1 amide bonds. The number of nitrogens with one attached hydrogen (secondary N) is 1. The Morgan fingerprint density at radius 2 is 1.91 bits per heavy atom. The molecule has 1 N–H and O–H groups in total. The van der Waals surface area contributed by atoms with Gasteiger partial charge in [0.2, 0.25) is 0 Å². The van der Waals surface area contributed by atoms with Crippen LogP contribution in [0.25, 0.3) is 0 Å². The molecule has 0 unspecified atom stereocenters. The average molecular weight is 625 g/mol. The van der Waals surface area contributed by atoms with Gasteiger partial charge in [-0.1, -0.05) is 6.42 Å². The molecule has 2 aliphatic heterocycles. The van der Waals surface area contributed by atoms with E-state index in [0.29, 0.717) is 31.5 Å². The highest BCUT2D eigenvalue weighted by Gasteiger charge is 2.43. The van der Waals surface area contributed by atoms with Gasteiger partial charge in [0.05, 0.1) is 38.3 Å². The lowest BCUT2D eigenvalue weighted by Crippen LogP contribution is -2.35. The summed E-state index contributed by atoms with van der Waals surface area (Å²) in [6.45, 7) is 1.26. The zero-order chi connectivity index (χ0) is 31.5. The number of amides is 1. The summed E-state index contributed by atoms with van der Waals surface area (Å²) in [5.74, 6) is 0.254. The van der Waals surface area contributed by atoms with Crippen LogP contribution in [-0.2, 0) is 34.0 Å². The third-order valence-corrected chi connectivity index (χ3v) is 9.62. The number of carbonyl (C=O) groups is 2. The van der Waals surface area contributed by atoms with Crippen LogP contribution in [0.5, 0.6) is 0 Å². The van der Waals surface area contributed by atoms with Crippen LogP contribution in [0.4, 0.5) is 19.0 Å². The van der Waals surface area contributed by atoms with Crippen molar-refractivity contribution in [3.05, 3.63) is 69.9 Å². The molecule has 10 nitrogen and oxygen atoms in total. The summed E-state index contributed by atoms with van der Waals surface area (Å²) >= 11 is 0. The minimum atomic E-state index is -4.75. The largest absolute Gasteiger partial charge is 0.468 e. The van der Waals surface area contributed by atoms with Gasteiger partial charge in [0.25, 0.3) is 5.91 Å². The molecule has 3 aromatic rings. The number of esters is 1. The van der Waals surface area contributed by atoms with Gasteiger partial charge in [-0.3, -0.25) is 9.69 Å². The monoisotopic (exact) mass is 624 g/mol. The quantitative estimate of drug-likeness (QED) is 0.325. The van der Waals surface area contributed by atoms with Crippen molar-refractivity contribution in [1.82, 2.24) is 25.1 Å². The Kier molecular flexibility index (Phi) is 7.63. The number of halogens is 3. The van der Waals surface area contributed by atoms with Gasteiger partial charge in [0.15, 0.2) is 0 Å². The van der Waals surface area contributed by atoms with Gasteiger partial charge in [-0.2, -0.15) is 13.2 Å². The molecule has 45 heavy (non-hydrogen) atoms. The van der Waals surface area contributed by atoms with E-state index in [1.54, 1.807) is 12.4 Å². The first-order valence-corrected chi connectivity index (χ1v) is 15.4. The zero-order valence-corrected chi connectivity index (χ0v) is 25.1. The number of rotatable bonds is 10. The number of hydrogen-bond acceptors (Lipinski definition) is 8. The molecule has 2 saturated carbocycles. The molecule has 2 aliphatic carbocycles. The third kappa shape index (κ3) is 5.60. The van der Waals surface area contributed by atoms with Crippen LogP contribution in [0, 0.1) is 11.8 Å². The Labute approximate surface area is 258 Å². The summed E-state index contributed by atoms with van der Waals surface area (Å²) in [6.07, 6.45) is 1.86. The first kappa shape index (κ1) is 29.8. The van der Waals surface area contributed by atoms with Crippen molar-refractivity contribution in [1.29, 1.82) is 0 Å². The molecule has 0 bridgehead atoms. The summed E-state index contributed by atoms with van der Waals surface area (Å²) in [5.41, 5.74) is 0.578. The maximum absolute atomic E-state index is 14.6. The molecule has 0 spiro atoms. The molecule has 238 valence electrons. The number of aromatic nitrogens is 4. The molecular formula is C32H35F3N6O4. The van der Waals surface area contributed by atoms with Gasteiger partial charge in [-0.05, 0) is 79.1 Å². The van der Waals surface area contributed by atoms with Crippen LogP contribution in [0.3, 0.4) is 0 Å². The number of fused-ring (bicyclic) bond motifs is 1. The lowest BCUT2D eigenvalue weighted by atomic mass is 9.83. The van der Waals surface area contributed by atoms with Gasteiger partial charge in [-0.25, -0.2) is 9.78 Å². The van der Waals surface area contributed by atoms with E-state index < -0.39 is 29.7 Å². The Morgan fingerprint density at radius 1 is 1.13 bits per heavy atom. The summed E-state index contributed by atoms with van der Waals surface area (Å²) < 4.78 is 56.0. The minimum Gasteiger partial charge on any atom is -0.468 e. The van der Waals surface area contributed by atoms with E-state index in [4.69, 9.17) is 14.5 Å². The van der Waals surface area contributed by atoms with Crippen LogP contribution in [0.2, 0.25) is 0 Å². The maximum atomic E-state index is 14.6. The van der Waals surface area contributed by atoms with E-state index in [2.05, 4.69) is 15.5 Å². The number of methoxy groups -OCH3 is 1. The topological polar surface area (TPSA) is 111 Å². The number of pyridine rings is 1. The molecule has 2 atom stereocenters. The highest BCUT2D eigenvalue weighted by molar-refractivity contribution is 6.10. The van der Waals surface area contributed by atoms with Crippen LogP contribution in [0.15, 0.2) is 30.6 Å². The molecule has 4 heterocycles. The first-order valence-electron chi connectivity index (χ1n) is 15.4. The van der Waals surface area contributed by atoms with Crippen molar-refractivity contribution in [3.8, 4) is 0 Å². The van der Waals surface area contributed by atoms with E-state index in [1.807, 2.05) is 17.7 Å². The summed E-state index contributed by atoms with van der Waals surface area (Å²) in [6, 6.07) is 5.07. The third-order valence-electron chi connectivity index (χ3n) is 9.62. The Bertz CT molecular complexity index is 1630. The number of aryl methyl sites for hydroxylation is 1. The lowest BCUT2D eigenvalue weighted by molar-refractivity contribution is -0.144. The maximum Gasteiger partial charge on any atom is 0.416 e. The van der Waals surface area contributed by atoms with Gasteiger partial charge in [-0.15, -0.1) is 10.2 Å². The van der Waals surface area contributed by atoms with Crippen molar-refractivity contribution in [2.45, 2.75) is 62.7 Å². The second kappa shape index (κ2) is 11.5. The SMILES string of the molecule is COC(=O)[C@@H](NCC1CCC1)c1cc2c(c(C(F)(F)F)c1)CN(c1cc([C@H](c3nncn3C)C3COC3)cc(C3CC3)n1)C2=O. The van der Waals surface area contributed by atoms with Gasteiger partial charge < -0.3 is 19.4 Å². The van der Waals surface area contributed by atoms with Crippen LogP contribution in [0.1, 0.15) is 94.1 Å². The number of benzene rings is 1. The predicted molar refractivity (Wildman–Crippen MR) is 155 cm³/mol. The number of hydrogen-bond donors (Lipinski definition) is 1. The van der Waals surface area contributed by atoms with Crippen molar-refractivity contribution in [2.24, 2.45) is 18.9 Å². The summed E-state index contributed by atoms with van der Waals surface area (Å²) in [7, 11) is 3.07. The van der Waals surface area contributed by atoms with Gasteiger partial charge >= 0.3 is 12.1 Å².